The first-order chi connectivity index (χ1) is 5.79. The number of aromatic nitrogens is 2. The second kappa shape index (κ2) is 5.55. The maximum atomic E-state index is 11.0. The molecule has 6 heteroatoms. The van der Waals surface area contributed by atoms with Gasteiger partial charge in [-0.3, -0.25) is 4.68 Å². The summed E-state index contributed by atoms with van der Waals surface area (Å²) in [7, 11) is 1.34. The monoisotopic (exact) mass is 205 g/mol. The van der Waals surface area contributed by atoms with Crippen molar-refractivity contribution in [1.82, 2.24) is 9.78 Å². The molecule has 0 bridgehead atoms. The number of carbonyl (C=O) groups is 1. The van der Waals surface area contributed by atoms with E-state index in [1.807, 2.05) is 0 Å². The van der Waals surface area contributed by atoms with Crippen molar-refractivity contribution in [1.29, 1.82) is 0 Å². The van der Waals surface area contributed by atoms with E-state index in [0.717, 1.165) is 0 Å². The molecule has 0 unspecified atom stereocenters. The molecule has 0 fully saturated rings. The van der Waals surface area contributed by atoms with Gasteiger partial charge in [0.15, 0.2) is 0 Å². The number of halogens is 1. The van der Waals surface area contributed by atoms with E-state index >= 15 is 0 Å². The Labute approximate surface area is 82.3 Å². The minimum absolute atomic E-state index is 0. The Balaban J connectivity index is 0.00000144. The Kier molecular flexibility index (Phi) is 5.10. The molecule has 2 N–H and O–H groups in total. The number of hydrogen-bond acceptors (Lipinski definition) is 4. The first kappa shape index (κ1) is 11.9. The third-order valence-electron chi connectivity index (χ3n) is 1.45. The average Bonchev–Trinajstić information content (AvgIpc) is 2.52. The van der Waals surface area contributed by atoms with Gasteiger partial charge in [0.2, 0.25) is 0 Å². The average molecular weight is 206 g/mol. The second-order valence-corrected chi connectivity index (χ2v) is 2.22. The van der Waals surface area contributed by atoms with Crippen molar-refractivity contribution in [2.24, 2.45) is 5.73 Å². The molecule has 0 aromatic carbocycles. The van der Waals surface area contributed by atoms with Crippen LogP contribution in [0.25, 0.3) is 0 Å². The van der Waals surface area contributed by atoms with Crippen LogP contribution in [0.15, 0.2) is 12.3 Å². The summed E-state index contributed by atoms with van der Waals surface area (Å²) < 4.78 is 6.06. The van der Waals surface area contributed by atoms with Crippen molar-refractivity contribution < 1.29 is 9.53 Å². The number of nitrogens with two attached hydrogens (primary N) is 1. The van der Waals surface area contributed by atoms with Crippen LogP contribution in [-0.2, 0) is 11.3 Å². The Morgan fingerprint density at radius 3 is 3.00 bits per heavy atom. The smallest absolute Gasteiger partial charge is 0.356 e. The summed E-state index contributed by atoms with van der Waals surface area (Å²) in [5.74, 6) is -0.388. The Hall–Kier alpha value is -1.07. The molecular weight excluding hydrogens is 194 g/mol. The lowest BCUT2D eigenvalue weighted by Gasteiger charge is -2.02. The van der Waals surface area contributed by atoms with Crippen LogP contribution in [0.5, 0.6) is 0 Å². The molecule has 0 aliphatic carbocycles. The molecule has 1 aromatic rings. The highest BCUT2D eigenvalue weighted by Crippen LogP contribution is 1.99. The molecule has 0 saturated heterocycles. The highest BCUT2D eigenvalue weighted by atomic mass is 35.5. The summed E-state index contributed by atoms with van der Waals surface area (Å²) in [6.45, 7) is 0.975. The van der Waals surface area contributed by atoms with Crippen LogP contribution in [-0.4, -0.2) is 29.4 Å². The lowest BCUT2D eigenvalue weighted by atomic mass is 10.4. The summed E-state index contributed by atoms with van der Waals surface area (Å²) in [5.41, 5.74) is 5.75. The summed E-state index contributed by atoms with van der Waals surface area (Å²) in [6.07, 6.45) is 1.54. The van der Waals surface area contributed by atoms with E-state index in [9.17, 15) is 4.79 Å². The number of rotatable bonds is 3. The highest BCUT2D eigenvalue weighted by Gasteiger charge is 2.10. The van der Waals surface area contributed by atoms with Gasteiger partial charge in [0.25, 0.3) is 0 Å². The van der Waals surface area contributed by atoms with Crippen LogP contribution in [0.2, 0.25) is 0 Å². The molecule has 13 heavy (non-hydrogen) atoms. The summed E-state index contributed by atoms with van der Waals surface area (Å²) in [5, 5.41) is 3.91. The van der Waals surface area contributed by atoms with Gasteiger partial charge >= 0.3 is 5.97 Å². The fourth-order valence-electron chi connectivity index (χ4n) is 0.911. The SMILES string of the molecule is COC(=O)c1ccnn1CCN.Cl. The first-order valence-electron chi connectivity index (χ1n) is 3.59. The van der Waals surface area contributed by atoms with Gasteiger partial charge in [-0.2, -0.15) is 5.10 Å². The number of methoxy groups -OCH3 is 1. The zero-order chi connectivity index (χ0) is 8.97. The Morgan fingerprint density at radius 2 is 2.46 bits per heavy atom. The highest BCUT2D eigenvalue weighted by molar-refractivity contribution is 5.87. The fourth-order valence-corrected chi connectivity index (χ4v) is 0.911. The van der Waals surface area contributed by atoms with Crippen LogP contribution in [0, 0.1) is 0 Å². The summed E-state index contributed by atoms with van der Waals surface area (Å²) >= 11 is 0. The predicted octanol–water partition coefficient (Wildman–Crippen LogP) is 0.0502. The van der Waals surface area contributed by atoms with Gasteiger partial charge in [0.1, 0.15) is 5.69 Å². The van der Waals surface area contributed by atoms with Crippen molar-refractivity contribution in [3.05, 3.63) is 18.0 Å². The van der Waals surface area contributed by atoms with Gasteiger partial charge in [-0.25, -0.2) is 4.79 Å². The molecule has 0 amide bonds. The van der Waals surface area contributed by atoms with Crippen LogP contribution in [0.1, 0.15) is 10.5 Å². The third-order valence-corrected chi connectivity index (χ3v) is 1.45. The van der Waals surface area contributed by atoms with Crippen LogP contribution >= 0.6 is 12.4 Å². The topological polar surface area (TPSA) is 70.1 Å². The Morgan fingerprint density at radius 1 is 1.77 bits per heavy atom. The Bertz CT molecular complexity index is 274. The standard InChI is InChI=1S/C7H11N3O2.ClH/c1-12-7(11)6-2-4-9-10(6)5-3-8;/h2,4H,3,5,8H2,1H3;1H. The molecule has 0 atom stereocenters. The molecule has 1 aromatic heterocycles. The molecular formula is C7H12ClN3O2. The third kappa shape index (κ3) is 2.71. The number of ether oxygens (including phenoxy) is 1. The van der Waals surface area contributed by atoms with E-state index in [2.05, 4.69) is 9.84 Å². The van der Waals surface area contributed by atoms with Crippen LogP contribution in [0.4, 0.5) is 0 Å². The molecule has 1 rings (SSSR count). The van der Waals surface area contributed by atoms with Crippen molar-refractivity contribution in [3.63, 3.8) is 0 Å². The molecule has 0 saturated carbocycles. The van der Waals surface area contributed by atoms with E-state index < -0.39 is 0 Å². The van der Waals surface area contributed by atoms with Crippen LogP contribution in [0.3, 0.4) is 0 Å². The minimum atomic E-state index is -0.388. The lowest BCUT2D eigenvalue weighted by molar-refractivity contribution is 0.0586. The van der Waals surface area contributed by atoms with Crippen molar-refractivity contribution in [3.8, 4) is 0 Å². The normalized spacial score (nSPS) is 9.08. The van der Waals surface area contributed by atoms with E-state index in [0.29, 0.717) is 18.8 Å². The number of carbonyl (C=O) groups excluding carboxylic acids is 1. The zero-order valence-corrected chi connectivity index (χ0v) is 8.08. The van der Waals surface area contributed by atoms with Gasteiger partial charge in [0, 0.05) is 12.7 Å². The van der Waals surface area contributed by atoms with Gasteiger partial charge in [-0.15, -0.1) is 12.4 Å². The molecule has 74 valence electrons. The van der Waals surface area contributed by atoms with E-state index in [-0.39, 0.29) is 18.4 Å². The van der Waals surface area contributed by atoms with Gasteiger partial charge in [-0.1, -0.05) is 0 Å². The quantitative estimate of drug-likeness (QED) is 0.708. The largest absolute Gasteiger partial charge is 0.464 e. The predicted molar refractivity (Wildman–Crippen MR) is 49.9 cm³/mol. The van der Waals surface area contributed by atoms with Crippen molar-refractivity contribution in [2.45, 2.75) is 6.54 Å². The summed E-state index contributed by atoms with van der Waals surface area (Å²) in [4.78, 5) is 11.0. The number of nitrogens with zero attached hydrogens (tertiary/aromatic N) is 2. The van der Waals surface area contributed by atoms with E-state index in [1.54, 1.807) is 12.3 Å². The zero-order valence-electron chi connectivity index (χ0n) is 7.27. The molecule has 0 radical (unpaired) electrons. The van der Waals surface area contributed by atoms with Crippen LogP contribution < -0.4 is 5.73 Å². The molecule has 0 aliphatic heterocycles. The first-order valence-corrected chi connectivity index (χ1v) is 3.59. The molecule has 0 aliphatic rings. The molecule has 1 heterocycles. The second-order valence-electron chi connectivity index (χ2n) is 2.22. The number of esters is 1. The maximum Gasteiger partial charge on any atom is 0.356 e. The molecule has 5 nitrogen and oxygen atoms in total. The van der Waals surface area contributed by atoms with E-state index in [4.69, 9.17) is 5.73 Å². The van der Waals surface area contributed by atoms with Gasteiger partial charge in [-0.05, 0) is 6.07 Å². The van der Waals surface area contributed by atoms with E-state index in [1.165, 1.54) is 11.8 Å². The van der Waals surface area contributed by atoms with Crippen molar-refractivity contribution in [2.75, 3.05) is 13.7 Å². The summed E-state index contributed by atoms with van der Waals surface area (Å²) in [6, 6.07) is 1.60. The molecule has 0 spiro atoms. The van der Waals surface area contributed by atoms with Gasteiger partial charge in [0.05, 0.1) is 13.7 Å². The number of hydrogen-bond donors (Lipinski definition) is 1. The fraction of sp³-hybridized carbons (Fsp3) is 0.429. The lowest BCUT2D eigenvalue weighted by Crippen LogP contribution is -2.17. The maximum absolute atomic E-state index is 11.0. The van der Waals surface area contributed by atoms with Crippen molar-refractivity contribution >= 4 is 18.4 Å². The van der Waals surface area contributed by atoms with Gasteiger partial charge < -0.3 is 10.5 Å². The minimum Gasteiger partial charge on any atom is -0.464 e.